The fraction of sp³-hybridized carbons (Fsp3) is 0.647. The minimum atomic E-state index is -0.00243. The molecular formula is C17H30O3Si. The van der Waals surface area contributed by atoms with Crippen LogP contribution in [0.4, 0.5) is 0 Å². The quantitative estimate of drug-likeness (QED) is 0.820. The van der Waals surface area contributed by atoms with Gasteiger partial charge in [0.25, 0.3) is 0 Å². The molecule has 4 heteroatoms. The fourth-order valence-electron chi connectivity index (χ4n) is 3.19. The van der Waals surface area contributed by atoms with Crippen LogP contribution in [0.15, 0.2) is 0 Å². The van der Waals surface area contributed by atoms with Crippen molar-refractivity contribution in [3.05, 3.63) is 22.3 Å². The van der Waals surface area contributed by atoms with Crippen LogP contribution in [0.25, 0.3) is 0 Å². The molecule has 0 amide bonds. The Morgan fingerprint density at radius 3 is 1.62 bits per heavy atom. The standard InChI is InChI=1S/C17H30O3Si/c1-9(2)13-12(8-18)16(19-7)15(11(5)6)17(20-21)14(13)10(3)4/h9-11,18H,8H2,1-7,21H3. The number of hydrogen-bond acceptors (Lipinski definition) is 3. The van der Waals surface area contributed by atoms with Gasteiger partial charge in [-0.1, -0.05) is 41.5 Å². The van der Waals surface area contributed by atoms with Crippen LogP contribution in [0, 0.1) is 0 Å². The van der Waals surface area contributed by atoms with Gasteiger partial charge in [-0.25, -0.2) is 0 Å². The van der Waals surface area contributed by atoms with Gasteiger partial charge in [0.2, 0.25) is 10.5 Å². The van der Waals surface area contributed by atoms with Gasteiger partial charge in [-0.15, -0.1) is 0 Å². The lowest BCUT2D eigenvalue weighted by atomic mass is 9.81. The molecule has 0 aliphatic heterocycles. The van der Waals surface area contributed by atoms with Crippen LogP contribution in [0.2, 0.25) is 0 Å². The highest BCUT2D eigenvalue weighted by Crippen LogP contribution is 2.47. The Balaban J connectivity index is 3.97. The molecule has 3 nitrogen and oxygen atoms in total. The van der Waals surface area contributed by atoms with E-state index in [1.807, 2.05) is 0 Å². The second-order valence-electron chi connectivity index (χ2n) is 6.41. The van der Waals surface area contributed by atoms with E-state index in [9.17, 15) is 5.11 Å². The lowest BCUT2D eigenvalue weighted by molar-refractivity contribution is 0.270. The summed E-state index contributed by atoms with van der Waals surface area (Å²) in [6.07, 6.45) is 0. The minimum absolute atomic E-state index is 0.00243. The second kappa shape index (κ2) is 7.32. The third-order valence-electron chi connectivity index (χ3n) is 3.92. The van der Waals surface area contributed by atoms with Crippen molar-refractivity contribution in [3.63, 3.8) is 0 Å². The SMILES string of the molecule is COc1c(CO)c(C(C)C)c(C(C)C)c(O[SiH3])c1C(C)C. The first-order valence-corrected chi connectivity index (χ1v) is 8.54. The smallest absolute Gasteiger partial charge is 0.204 e. The molecule has 1 aromatic rings. The van der Waals surface area contributed by atoms with Crippen molar-refractivity contribution in [2.45, 2.75) is 65.9 Å². The Kier molecular flexibility index (Phi) is 6.29. The summed E-state index contributed by atoms with van der Waals surface area (Å²) in [5, 5.41) is 9.94. The van der Waals surface area contributed by atoms with Crippen LogP contribution >= 0.6 is 0 Å². The number of hydrogen-bond donors (Lipinski definition) is 1. The molecule has 0 spiro atoms. The van der Waals surface area contributed by atoms with Crippen molar-refractivity contribution in [2.24, 2.45) is 0 Å². The van der Waals surface area contributed by atoms with Gasteiger partial charge in [-0.3, -0.25) is 0 Å². The zero-order chi connectivity index (χ0) is 16.3. The predicted octanol–water partition coefficient (Wildman–Crippen LogP) is 3.22. The van der Waals surface area contributed by atoms with Gasteiger partial charge in [-0.05, 0) is 28.9 Å². The second-order valence-corrected chi connectivity index (χ2v) is 6.82. The molecule has 0 fully saturated rings. The van der Waals surface area contributed by atoms with E-state index in [0.717, 1.165) is 22.6 Å². The molecule has 0 aliphatic carbocycles. The average Bonchev–Trinajstić information content (AvgIpc) is 2.42. The summed E-state index contributed by atoms with van der Waals surface area (Å²) >= 11 is 0. The van der Waals surface area contributed by atoms with Crippen molar-refractivity contribution in [3.8, 4) is 11.5 Å². The molecule has 0 saturated carbocycles. The molecule has 0 aliphatic rings. The summed E-state index contributed by atoms with van der Waals surface area (Å²) in [4.78, 5) is 0. The van der Waals surface area contributed by atoms with Gasteiger partial charge in [0.05, 0.1) is 13.7 Å². The van der Waals surface area contributed by atoms with Crippen LogP contribution in [0.5, 0.6) is 11.5 Å². The Labute approximate surface area is 132 Å². The van der Waals surface area contributed by atoms with E-state index in [-0.39, 0.29) is 12.5 Å². The maximum absolute atomic E-state index is 9.94. The number of rotatable bonds is 6. The molecule has 0 aromatic heterocycles. The first-order chi connectivity index (χ1) is 9.81. The first-order valence-electron chi connectivity index (χ1n) is 7.72. The molecule has 21 heavy (non-hydrogen) atoms. The Hall–Kier alpha value is -1.00. The predicted molar refractivity (Wildman–Crippen MR) is 91.8 cm³/mol. The van der Waals surface area contributed by atoms with Crippen LogP contribution in [-0.4, -0.2) is 22.7 Å². The van der Waals surface area contributed by atoms with Crippen LogP contribution in [0.1, 0.15) is 81.5 Å². The highest BCUT2D eigenvalue weighted by Gasteiger charge is 2.28. The number of ether oxygens (including phenoxy) is 1. The van der Waals surface area contributed by atoms with Crippen molar-refractivity contribution in [1.29, 1.82) is 0 Å². The van der Waals surface area contributed by atoms with Crippen molar-refractivity contribution < 1.29 is 14.3 Å². The van der Waals surface area contributed by atoms with Crippen LogP contribution < -0.4 is 9.16 Å². The molecule has 0 unspecified atom stereocenters. The van der Waals surface area contributed by atoms with E-state index in [0.29, 0.717) is 22.3 Å². The van der Waals surface area contributed by atoms with Crippen molar-refractivity contribution in [2.75, 3.05) is 7.11 Å². The van der Waals surface area contributed by atoms with E-state index in [4.69, 9.17) is 9.16 Å². The van der Waals surface area contributed by atoms with E-state index in [2.05, 4.69) is 41.5 Å². The molecule has 0 atom stereocenters. The Morgan fingerprint density at radius 1 is 0.857 bits per heavy atom. The molecule has 0 saturated heterocycles. The lowest BCUT2D eigenvalue weighted by Gasteiger charge is -2.29. The highest BCUT2D eigenvalue weighted by atomic mass is 28.2. The first kappa shape index (κ1) is 18.0. The normalized spacial score (nSPS) is 11.8. The molecule has 120 valence electrons. The van der Waals surface area contributed by atoms with Gasteiger partial charge in [0, 0.05) is 11.1 Å². The summed E-state index contributed by atoms with van der Waals surface area (Å²) < 4.78 is 11.6. The van der Waals surface area contributed by atoms with Gasteiger partial charge in [-0.2, -0.15) is 0 Å². The van der Waals surface area contributed by atoms with Crippen molar-refractivity contribution >= 4 is 10.5 Å². The fourth-order valence-corrected chi connectivity index (χ4v) is 3.62. The average molecular weight is 311 g/mol. The molecule has 1 aromatic carbocycles. The van der Waals surface area contributed by atoms with Gasteiger partial charge >= 0.3 is 0 Å². The molecule has 0 bridgehead atoms. The summed E-state index contributed by atoms with van der Waals surface area (Å²) in [6.45, 7) is 13.0. The van der Waals surface area contributed by atoms with E-state index < -0.39 is 0 Å². The van der Waals surface area contributed by atoms with Gasteiger partial charge in [0.1, 0.15) is 11.5 Å². The topological polar surface area (TPSA) is 38.7 Å². The van der Waals surface area contributed by atoms with Crippen molar-refractivity contribution in [1.82, 2.24) is 0 Å². The Bertz CT molecular complexity index is 494. The number of methoxy groups -OCH3 is 1. The van der Waals surface area contributed by atoms with E-state index >= 15 is 0 Å². The van der Waals surface area contributed by atoms with E-state index in [1.54, 1.807) is 7.11 Å². The third kappa shape index (κ3) is 3.27. The molecule has 1 rings (SSSR count). The maximum Gasteiger partial charge on any atom is 0.204 e. The summed E-state index contributed by atoms with van der Waals surface area (Å²) in [5.41, 5.74) is 4.42. The van der Waals surface area contributed by atoms with E-state index in [1.165, 1.54) is 11.1 Å². The minimum Gasteiger partial charge on any atom is -0.553 e. The Morgan fingerprint density at radius 2 is 1.33 bits per heavy atom. The summed E-state index contributed by atoms with van der Waals surface area (Å²) in [7, 11) is 2.32. The zero-order valence-electron chi connectivity index (χ0n) is 14.7. The molecule has 0 heterocycles. The number of benzene rings is 1. The zero-order valence-corrected chi connectivity index (χ0v) is 16.7. The highest BCUT2D eigenvalue weighted by molar-refractivity contribution is 6.00. The summed E-state index contributed by atoms with van der Waals surface area (Å²) in [6, 6.07) is 0. The number of aliphatic hydroxyl groups is 1. The largest absolute Gasteiger partial charge is 0.553 e. The van der Waals surface area contributed by atoms with Gasteiger partial charge < -0.3 is 14.3 Å². The monoisotopic (exact) mass is 310 g/mol. The number of aliphatic hydroxyl groups excluding tert-OH is 1. The van der Waals surface area contributed by atoms with Crippen LogP contribution in [-0.2, 0) is 6.61 Å². The summed E-state index contributed by atoms with van der Waals surface area (Å²) in [5.74, 6) is 2.72. The molecule has 1 N–H and O–H groups in total. The lowest BCUT2D eigenvalue weighted by Crippen LogP contribution is -2.13. The maximum atomic E-state index is 9.94. The van der Waals surface area contributed by atoms with Crippen LogP contribution in [0.3, 0.4) is 0 Å². The molecule has 0 radical (unpaired) electrons. The third-order valence-corrected chi connectivity index (χ3v) is 4.33. The molecular weight excluding hydrogens is 280 g/mol. The van der Waals surface area contributed by atoms with Gasteiger partial charge in [0.15, 0.2) is 0 Å².